The highest BCUT2D eigenvalue weighted by Gasteiger charge is 2.30. The maximum atomic E-state index is 12.3. The van der Waals surface area contributed by atoms with E-state index >= 15 is 0 Å². The van der Waals surface area contributed by atoms with Gasteiger partial charge in [0.25, 0.3) is 5.91 Å². The van der Waals surface area contributed by atoms with Crippen molar-refractivity contribution in [3.63, 3.8) is 0 Å². The zero-order valence-electron chi connectivity index (χ0n) is 13.5. The molecule has 4 amide bonds. The molecule has 0 unspecified atom stereocenters. The van der Waals surface area contributed by atoms with Crippen LogP contribution in [0.1, 0.15) is 51.2 Å². The monoisotopic (exact) mass is 323 g/mol. The minimum Gasteiger partial charge on any atom is -0.337 e. The van der Waals surface area contributed by atoms with Gasteiger partial charge in [-0.15, -0.1) is 0 Å². The predicted molar refractivity (Wildman–Crippen MR) is 79.2 cm³/mol. The second-order valence-corrected chi connectivity index (χ2v) is 5.66. The van der Waals surface area contributed by atoms with Crippen LogP contribution in [-0.2, 0) is 16.1 Å². The van der Waals surface area contributed by atoms with Crippen LogP contribution in [0.15, 0.2) is 4.52 Å². The van der Waals surface area contributed by atoms with Crippen LogP contribution in [0.5, 0.6) is 0 Å². The van der Waals surface area contributed by atoms with E-state index in [9.17, 15) is 14.4 Å². The van der Waals surface area contributed by atoms with E-state index in [0.29, 0.717) is 18.3 Å². The van der Waals surface area contributed by atoms with Crippen molar-refractivity contribution in [2.45, 2.75) is 52.1 Å². The van der Waals surface area contributed by atoms with Gasteiger partial charge in [0.15, 0.2) is 5.82 Å². The number of hydrogen-bond donors (Lipinski definition) is 2. The lowest BCUT2D eigenvalue weighted by molar-refractivity contribution is -0.132. The second-order valence-electron chi connectivity index (χ2n) is 5.66. The van der Waals surface area contributed by atoms with Gasteiger partial charge in [-0.1, -0.05) is 19.0 Å². The number of urea groups is 1. The number of amides is 4. The minimum absolute atomic E-state index is 0.134. The van der Waals surface area contributed by atoms with Gasteiger partial charge in [0, 0.05) is 18.9 Å². The van der Waals surface area contributed by atoms with E-state index in [1.165, 1.54) is 0 Å². The van der Waals surface area contributed by atoms with Crippen LogP contribution in [0.2, 0.25) is 0 Å². The van der Waals surface area contributed by atoms with Crippen molar-refractivity contribution in [1.82, 2.24) is 25.7 Å². The number of carbonyl (C=O) groups is 3. The van der Waals surface area contributed by atoms with E-state index in [0.717, 1.165) is 0 Å². The molecule has 1 aliphatic rings. The number of carbonyl (C=O) groups excluding carboxylic acids is 3. The van der Waals surface area contributed by atoms with Crippen molar-refractivity contribution in [3.05, 3.63) is 11.7 Å². The molecule has 0 spiro atoms. The summed E-state index contributed by atoms with van der Waals surface area (Å²) in [6.07, 6.45) is 0.408. The Morgan fingerprint density at radius 3 is 2.65 bits per heavy atom. The third-order valence-electron chi connectivity index (χ3n) is 3.57. The number of nitrogens with zero attached hydrogens (tertiary/aromatic N) is 3. The lowest BCUT2D eigenvalue weighted by Crippen LogP contribution is -2.34. The molecule has 0 aromatic carbocycles. The van der Waals surface area contributed by atoms with Crippen molar-refractivity contribution < 1.29 is 18.9 Å². The van der Waals surface area contributed by atoms with Crippen molar-refractivity contribution >= 4 is 17.8 Å². The Morgan fingerprint density at radius 1 is 1.39 bits per heavy atom. The fourth-order valence-corrected chi connectivity index (χ4v) is 2.19. The standard InChI is InChI=1S/C14H21N5O4/c1-4-19(7-10-16-12(8(2)3)18-23-10)11(20)6-5-9-13(21)17-14(22)15-9/h8-9H,4-7H2,1-3H3,(H2,15,17,21,22)/t9-/m0/s1. The first-order valence-corrected chi connectivity index (χ1v) is 7.62. The molecular formula is C14H21N5O4. The molecule has 1 aromatic heterocycles. The van der Waals surface area contributed by atoms with E-state index < -0.39 is 18.0 Å². The molecule has 2 rings (SSSR count). The van der Waals surface area contributed by atoms with Gasteiger partial charge in [-0.25, -0.2) is 4.79 Å². The Kier molecular flexibility index (Phi) is 5.30. The molecule has 23 heavy (non-hydrogen) atoms. The first-order chi connectivity index (χ1) is 10.9. The van der Waals surface area contributed by atoms with Gasteiger partial charge in [0.1, 0.15) is 6.04 Å². The third kappa shape index (κ3) is 4.27. The fraction of sp³-hybridized carbons (Fsp3) is 0.643. The summed E-state index contributed by atoms with van der Waals surface area (Å²) < 4.78 is 5.14. The molecule has 1 saturated heterocycles. The van der Waals surface area contributed by atoms with Gasteiger partial charge in [-0.3, -0.25) is 14.9 Å². The molecular weight excluding hydrogens is 302 g/mol. The van der Waals surface area contributed by atoms with E-state index in [2.05, 4.69) is 20.8 Å². The van der Waals surface area contributed by atoms with E-state index in [4.69, 9.17) is 4.52 Å². The zero-order chi connectivity index (χ0) is 17.0. The molecule has 0 radical (unpaired) electrons. The molecule has 126 valence electrons. The average molecular weight is 323 g/mol. The van der Waals surface area contributed by atoms with Crippen LogP contribution in [0, 0.1) is 0 Å². The molecule has 1 aliphatic heterocycles. The van der Waals surface area contributed by atoms with Gasteiger partial charge >= 0.3 is 6.03 Å². The average Bonchev–Trinajstić information content (AvgIpc) is 3.08. The Labute approximate surface area is 133 Å². The van der Waals surface area contributed by atoms with Crippen LogP contribution >= 0.6 is 0 Å². The molecule has 2 heterocycles. The fourth-order valence-electron chi connectivity index (χ4n) is 2.19. The number of aromatic nitrogens is 2. The van der Waals surface area contributed by atoms with Crippen LogP contribution in [0.4, 0.5) is 4.79 Å². The van der Waals surface area contributed by atoms with Gasteiger partial charge in [-0.2, -0.15) is 4.98 Å². The Bertz CT molecular complexity index is 598. The first-order valence-electron chi connectivity index (χ1n) is 7.62. The highest BCUT2D eigenvalue weighted by molar-refractivity contribution is 6.04. The lowest BCUT2D eigenvalue weighted by atomic mass is 10.1. The second kappa shape index (κ2) is 7.21. The highest BCUT2D eigenvalue weighted by Crippen LogP contribution is 2.12. The molecule has 2 N–H and O–H groups in total. The van der Waals surface area contributed by atoms with E-state index in [1.54, 1.807) is 4.90 Å². The Hall–Kier alpha value is -2.45. The minimum atomic E-state index is -0.652. The van der Waals surface area contributed by atoms with Gasteiger partial charge < -0.3 is 14.7 Å². The third-order valence-corrected chi connectivity index (χ3v) is 3.57. The largest absolute Gasteiger partial charge is 0.337 e. The van der Waals surface area contributed by atoms with E-state index in [-0.39, 0.29) is 31.2 Å². The van der Waals surface area contributed by atoms with Crippen molar-refractivity contribution in [2.75, 3.05) is 6.54 Å². The van der Waals surface area contributed by atoms with Gasteiger partial charge in [0.05, 0.1) is 6.54 Å². The summed E-state index contributed by atoms with van der Waals surface area (Å²) in [6.45, 7) is 6.48. The molecule has 9 heteroatoms. The molecule has 0 aliphatic carbocycles. The summed E-state index contributed by atoms with van der Waals surface area (Å²) in [6, 6.07) is -1.17. The maximum Gasteiger partial charge on any atom is 0.322 e. The Morgan fingerprint density at radius 2 is 2.13 bits per heavy atom. The normalized spacial score (nSPS) is 17.3. The lowest BCUT2D eigenvalue weighted by Gasteiger charge is -2.19. The molecule has 1 aromatic rings. The molecule has 0 saturated carbocycles. The van der Waals surface area contributed by atoms with Gasteiger partial charge in [-0.05, 0) is 13.3 Å². The zero-order valence-corrected chi connectivity index (χ0v) is 13.5. The van der Waals surface area contributed by atoms with E-state index in [1.807, 2.05) is 20.8 Å². The van der Waals surface area contributed by atoms with Crippen LogP contribution in [-0.4, -0.2) is 45.5 Å². The summed E-state index contributed by atoms with van der Waals surface area (Å²) in [5.74, 6) is 0.613. The summed E-state index contributed by atoms with van der Waals surface area (Å²) in [4.78, 5) is 40.6. The number of rotatable bonds is 7. The van der Waals surface area contributed by atoms with Crippen molar-refractivity contribution in [3.8, 4) is 0 Å². The van der Waals surface area contributed by atoms with Crippen molar-refractivity contribution in [2.24, 2.45) is 0 Å². The number of hydrogen-bond acceptors (Lipinski definition) is 6. The van der Waals surface area contributed by atoms with Crippen LogP contribution in [0.25, 0.3) is 0 Å². The first kappa shape index (κ1) is 16.9. The smallest absolute Gasteiger partial charge is 0.322 e. The van der Waals surface area contributed by atoms with Crippen LogP contribution in [0.3, 0.4) is 0 Å². The summed E-state index contributed by atoms with van der Waals surface area (Å²) in [7, 11) is 0. The summed E-state index contributed by atoms with van der Waals surface area (Å²) in [5.41, 5.74) is 0. The van der Waals surface area contributed by atoms with Crippen molar-refractivity contribution in [1.29, 1.82) is 0 Å². The number of imide groups is 1. The predicted octanol–water partition coefficient (Wildman–Crippen LogP) is 0.530. The molecule has 9 nitrogen and oxygen atoms in total. The Balaban J connectivity index is 1.88. The maximum absolute atomic E-state index is 12.3. The highest BCUT2D eigenvalue weighted by atomic mass is 16.5. The summed E-state index contributed by atoms with van der Waals surface area (Å²) >= 11 is 0. The number of nitrogens with one attached hydrogen (secondary N) is 2. The van der Waals surface area contributed by atoms with Crippen LogP contribution < -0.4 is 10.6 Å². The molecule has 1 atom stereocenters. The quantitative estimate of drug-likeness (QED) is 0.707. The van der Waals surface area contributed by atoms with Gasteiger partial charge in [0.2, 0.25) is 11.8 Å². The molecule has 1 fully saturated rings. The topological polar surface area (TPSA) is 117 Å². The summed E-state index contributed by atoms with van der Waals surface area (Å²) in [5, 5.41) is 8.48. The SMILES string of the molecule is CCN(Cc1nc(C(C)C)no1)C(=O)CC[C@@H]1NC(=O)NC1=O. The molecule has 0 bridgehead atoms.